The molecule has 1 unspecified atom stereocenters. The van der Waals surface area contributed by atoms with Crippen LogP contribution in [0.2, 0.25) is 0 Å². The standard InChI is InChI=1S/C21H16N2O7S2/c1-12-6-9-18(17-5-3-2-4-15(12)17)22-23-20-16-8-7-14(32(27,28)29)10-13(16)11-19(21(20)24)30-31(25)26/h2-11,24H,1H3,(H,25,26)(H,27,28,29)/p-2. The number of fused-ring (bicyclic) bond motifs is 2. The summed E-state index contributed by atoms with van der Waals surface area (Å²) < 4.78 is 60.8. The third-order valence-corrected chi connectivity index (χ3v) is 5.99. The molecule has 4 rings (SSSR count). The molecule has 0 fully saturated rings. The molecule has 0 radical (unpaired) electrons. The van der Waals surface area contributed by atoms with Crippen molar-refractivity contribution in [2.45, 2.75) is 11.8 Å². The van der Waals surface area contributed by atoms with Crippen molar-refractivity contribution in [2.24, 2.45) is 10.2 Å². The van der Waals surface area contributed by atoms with E-state index in [9.17, 15) is 26.8 Å². The van der Waals surface area contributed by atoms with Gasteiger partial charge in [-0.05, 0) is 47.5 Å². The molecule has 0 aliphatic heterocycles. The average molecular weight is 470 g/mol. The summed E-state index contributed by atoms with van der Waals surface area (Å²) in [4.78, 5) is -0.530. The Kier molecular flexibility index (Phi) is 5.65. The largest absolute Gasteiger partial charge is 0.744 e. The van der Waals surface area contributed by atoms with Gasteiger partial charge in [0.15, 0.2) is 11.5 Å². The lowest BCUT2D eigenvalue weighted by molar-refractivity contribution is 0.410. The fourth-order valence-corrected chi connectivity index (χ4v) is 4.13. The maximum Gasteiger partial charge on any atom is 0.188 e. The molecule has 0 saturated heterocycles. The molecule has 0 aliphatic rings. The van der Waals surface area contributed by atoms with Gasteiger partial charge in [-0.1, -0.05) is 36.4 Å². The van der Waals surface area contributed by atoms with E-state index in [0.717, 1.165) is 34.5 Å². The van der Waals surface area contributed by atoms with Crippen LogP contribution in [-0.2, 0) is 21.5 Å². The third kappa shape index (κ3) is 4.18. The van der Waals surface area contributed by atoms with Gasteiger partial charge in [-0.2, -0.15) is 0 Å². The van der Waals surface area contributed by atoms with Gasteiger partial charge in [-0.15, -0.1) is 10.2 Å². The van der Waals surface area contributed by atoms with Gasteiger partial charge in [0.05, 0.1) is 10.6 Å². The Labute approximate surface area is 185 Å². The third-order valence-electron chi connectivity index (χ3n) is 4.85. The minimum absolute atomic E-state index is 0.114. The van der Waals surface area contributed by atoms with Gasteiger partial charge in [0.2, 0.25) is 0 Å². The van der Waals surface area contributed by atoms with Crippen LogP contribution in [0.5, 0.6) is 11.5 Å². The smallest absolute Gasteiger partial charge is 0.188 e. The van der Waals surface area contributed by atoms with Crippen molar-refractivity contribution < 1.29 is 31.0 Å². The molecule has 1 atom stereocenters. The van der Waals surface area contributed by atoms with Crippen molar-refractivity contribution in [2.75, 3.05) is 0 Å². The first kappa shape index (κ1) is 21.8. The van der Waals surface area contributed by atoms with Crippen LogP contribution in [0.1, 0.15) is 5.56 Å². The van der Waals surface area contributed by atoms with Crippen LogP contribution in [0.25, 0.3) is 21.5 Å². The van der Waals surface area contributed by atoms with Gasteiger partial charge in [0, 0.05) is 10.8 Å². The summed E-state index contributed by atoms with van der Waals surface area (Å²) in [5.41, 5.74) is 1.38. The molecule has 32 heavy (non-hydrogen) atoms. The van der Waals surface area contributed by atoms with Crippen molar-refractivity contribution in [1.29, 1.82) is 0 Å². The van der Waals surface area contributed by atoms with Crippen LogP contribution in [0.3, 0.4) is 0 Å². The van der Waals surface area contributed by atoms with Crippen LogP contribution >= 0.6 is 0 Å². The second kappa shape index (κ2) is 8.28. The Bertz CT molecular complexity index is 1530. The number of benzene rings is 4. The van der Waals surface area contributed by atoms with Crippen LogP contribution in [0.15, 0.2) is 75.8 Å². The van der Waals surface area contributed by atoms with Crippen molar-refractivity contribution >= 4 is 54.4 Å². The molecule has 0 aliphatic carbocycles. The lowest BCUT2D eigenvalue weighted by Crippen LogP contribution is -2.00. The summed E-state index contributed by atoms with van der Waals surface area (Å²) in [5.74, 6) is -1.10. The Morgan fingerprint density at radius 1 is 0.969 bits per heavy atom. The van der Waals surface area contributed by atoms with Gasteiger partial charge < -0.3 is 18.4 Å². The first-order valence-electron chi connectivity index (χ1n) is 9.08. The molecular formula is C21H14N2O7S2-2. The Balaban J connectivity index is 1.94. The molecule has 0 saturated carbocycles. The number of nitrogens with zero attached hydrogens (tertiary/aromatic N) is 2. The molecular weight excluding hydrogens is 456 g/mol. The molecule has 1 N–H and O–H groups in total. The van der Waals surface area contributed by atoms with Gasteiger partial charge in [-0.3, -0.25) is 0 Å². The number of azo groups is 1. The summed E-state index contributed by atoms with van der Waals surface area (Å²) >= 11 is -3.02. The first-order chi connectivity index (χ1) is 15.1. The summed E-state index contributed by atoms with van der Waals surface area (Å²) in [5, 5.41) is 21.0. The SMILES string of the molecule is Cc1ccc(N=Nc2c(O)c(OS(=O)[O-])cc3cc(S(=O)(=O)[O-])ccc23)c2ccccc12. The van der Waals surface area contributed by atoms with E-state index in [1.165, 1.54) is 6.07 Å². The van der Waals surface area contributed by atoms with Crippen molar-refractivity contribution in [3.8, 4) is 11.5 Å². The lowest BCUT2D eigenvalue weighted by atomic mass is 10.0. The minimum Gasteiger partial charge on any atom is -0.744 e. The van der Waals surface area contributed by atoms with E-state index < -0.39 is 37.9 Å². The van der Waals surface area contributed by atoms with Crippen LogP contribution < -0.4 is 4.18 Å². The highest BCUT2D eigenvalue weighted by atomic mass is 32.2. The van der Waals surface area contributed by atoms with Crippen LogP contribution in [0, 0.1) is 6.92 Å². The Morgan fingerprint density at radius 3 is 2.38 bits per heavy atom. The van der Waals surface area contributed by atoms with E-state index in [1.807, 2.05) is 37.3 Å². The van der Waals surface area contributed by atoms with E-state index in [0.29, 0.717) is 5.69 Å². The number of hydrogen-bond donors (Lipinski definition) is 1. The van der Waals surface area contributed by atoms with Gasteiger partial charge in [-0.25, -0.2) is 12.6 Å². The minimum atomic E-state index is -4.77. The van der Waals surface area contributed by atoms with Gasteiger partial charge >= 0.3 is 0 Å². The summed E-state index contributed by atoms with van der Waals surface area (Å²) in [6.07, 6.45) is 0. The highest BCUT2D eigenvalue weighted by Crippen LogP contribution is 2.44. The quantitative estimate of drug-likeness (QED) is 0.256. The van der Waals surface area contributed by atoms with Crippen molar-refractivity contribution in [1.82, 2.24) is 0 Å². The van der Waals surface area contributed by atoms with Crippen molar-refractivity contribution in [3.05, 3.63) is 66.2 Å². The number of phenolic OH excluding ortho intramolecular Hbond substituents is 1. The van der Waals surface area contributed by atoms with E-state index in [4.69, 9.17) is 0 Å². The van der Waals surface area contributed by atoms with Crippen molar-refractivity contribution in [3.63, 3.8) is 0 Å². The molecule has 0 spiro atoms. The molecule has 0 amide bonds. The highest BCUT2D eigenvalue weighted by Gasteiger charge is 2.16. The second-order valence-electron chi connectivity index (χ2n) is 6.84. The normalized spacial score (nSPS) is 13.1. The first-order valence-corrected chi connectivity index (χ1v) is 11.5. The molecule has 9 nitrogen and oxygen atoms in total. The lowest BCUT2D eigenvalue weighted by Gasteiger charge is -2.14. The summed E-state index contributed by atoms with van der Waals surface area (Å²) in [6.45, 7) is 1.95. The number of rotatable bonds is 5. The predicted octanol–water partition coefficient (Wildman–Crippen LogP) is 4.50. The molecule has 4 aromatic rings. The second-order valence-corrected chi connectivity index (χ2v) is 8.80. The zero-order valence-electron chi connectivity index (χ0n) is 16.4. The predicted molar refractivity (Wildman–Crippen MR) is 116 cm³/mol. The maximum absolute atomic E-state index is 11.4. The Morgan fingerprint density at radius 2 is 1.69 bits per heavy atom. The van der Waals surface area contributed by atoms with Crippen LogP contribution in [-0.4, -0.2) is 26.8 Å². The van der Waals surface area contributed by atoms with E-state index >= 15 is 0 Å². The molecule has 0 bridgehead atoms. The zero-order valence-corrected chi connectivity index (χ0v) is 18.0. The van der Waals surface area contributed by atoms with E-state index in [-0.39, 0.29) is 16.5 Å². The van der Waals surface area contributed by atoms with Gasteiger partial charge in [0.1, 0.15) is 27.2 Å². The molecule has 164 valence electrons. The topological polar surface area (TPSA) is 152 Å². The molecule has 4 aromatic carbocycles. The van der Waals surface area contributed by atoms with E-state index in [1.54, 1.807) is 6.07 Å². The highest BCUT2D eigenvalue weighted by molar-refractivity contribution is 7.85. The number of aryl methyl sites for hydroxylation is 1. The average Bonchev–Trinajstić information content (AvgIpc) is 2.74. The number of aromatic hydroxyl groups is 1. The molecule has 11 heteroatoms. The Hall–Kier alpha value is -3.38. The van der Waals surface area contributed by atoms with E-state index in [2.05, 4.69) is 14.4 Å². The maximum atomic E-state index is 11.4. The fourth-order valence-electron chi connectivity index (χ4n) is 3.35. The molecule has 0 heterocycles. The summed E-state index contributed by atoms with van der Waals surface area (Å²) in [7, 11) is -4.77. The monoisotopic (exact) mass is 470 g/mol. The zero-order chi connectivity index (χ0) is 23.0. The van der Waals surface area contributed by atoms with Gasteiger partial charge in [0.25, 0.3) is 0 Å². The number of phenols is 1. The van der Waals surface area contributed by atoms with Crippen LogP contribution in [0.4, 0.5) is 11.4 Å². The molecule has 0 aromatic heterocycles. The number of hydrogen-bond acceptors (Lipinski definition) is 9. The fraction of sp³-hybridized carbons (Fsp3) is 0.0476. The summed E-state index contributed by atoms with van der Waals surface area (Å²) in [6, 6.07) is 15.6.